The molecular weight excluding hydrogens is 177 g/mol. The molecule has 0 amide bonds. The molecule has 1 aromatic carbocycles. The van der Waals surface area contributed by atoms with Gasteiger partial charge in [0.1, 0.15) is 0 Å². The number of rotatable bonds is 0. The number of nitrogens with two attached hydrogens (primary N) is 1. The Labute approximate surface area is 83.0 Å². The summed E-state index contributed by atoms with van der Waals surface area (Å²) >= 11 is 0. The van der Waals surface area contributed by atoms with Gasteiger partial charge in [-0.05, 0) is 42.4 Å². The fourth-order valence-corrected chi connectivity index (χ4v) is 2.43. The molecule has 1 aromatic rings. The van der Waals surface area contributed by atoms with Gasteiger partial charge in [0.2, 0.25) is 0 Å². The third-order valence-electron chi connectivity index (χ3n) is 3.33. The van der Waals surface area contributed by atoms with Gasteiger partial charge in [-0.3, -0.25) is 0 Å². The van der Waals surface area contributed by atoms with E-state index in [1.54, 1.807) is 0 Å². The van der Waals surface area contributed by atoms with Crippen LogP contribution in [-0.4, -0.2) is 12.1 Å². The van der Waals surface area contributed by atoms with Gasteiger partial charge in [0.15, 0.2) is 0 Å². The minimum atomic E-state index is -0.784. The molecule has 1 heterocycles. The molecule has 4 heteroatoms. The predicted octanol–water partition coefficient (Wildman–Crippen LogP) is 0.366. The molecule has 1 saturated carbocycles. The van der Waals surface area contributed by atoms with E-state index in [1.165, 1.54) is 6.42 Å². The van der Waals surface area contributed by atoms with Crippen molar-refractivity contribution in [2.75, 3.05) is 5.73 Å². The average molecular weight is 189 g/mol. The minimum absolute atomic E-state index is 0.192. The Kier molecular flexibility index (Phi) is 1.50. The van der Waals surface area contributed by atoms with Crippen LogP contribution in [0.15, 0.2) is 18.2 Å². The van der Waals surface area contributed by atoms with Crippen molar-refractivity contribution < 1.29 is 9.68 Å². The number of nitrogen functional groups attached to an aromatic ring is 1. The first-order chi connectivity index (χ1) is 6.71. The highest BCUT2D eigenvalue weighted by molar-refractivity contribution is 6.62. The van der Waals surface area contributed by atoms with Crippen LogP contribution in [0.5, 0.6) is 0 Å². The van der Waals surface area contributed by atoms with E-state index in [-0.39, 0.29) is 5.60 Å². The highest BCUT2D eigenvalue weighted by Crippen LogP contribution is 2.47. The first-order valence-electron chi connectivity index (χ1n) is 4.97. The molecule has 2 aliphatic rings. The van der Waals surface area contributed by atoms with E-state index < -0.39 is 7.12 Å². The Hall–Kier alpha value is -0.995. The van der Waals surface area contributed by atoms with Gasteiger partial charge in [0, 0.05) is 5.69 Å². The van der Waals surface area contributed by atoms with Gasteiger partial charge in [0.05, 0.1) is 5.60 Å². The highest BCUT2D eigenvalue weighted by Gasteiger charge is 2.50. The van der Waals surface area contributed by atoms with Crippen LogP contribution >= 0.6 is 0 Å². The SMILES string of the molecule is Nc1ccc2c(c1)B(O)OC21CCC1. The van der Waals surface area contributed by atoms with Crippen LogP contribution in [0.1, 0.15) is 24.8 Å². The van der Waals surface area contributed by atoms with Gasteiger partial charge in [-0.1, -0.05) is 6.07 Å². The summed E-state index contributed by atoms with van der Waals surface area (Å²) in [5, 5.41) is 9.73. The molecule has 1 aliphatic heterocycles. The molecule has 0 bridgehead atoms. The van der Waals surface area contributed by atoms with Crippen molar-refractivity contribution in [3.63, 3.8) is 0 Å². The van der Waals surface area contributed by atoms with Crippen LogP contribution in [0.25, 0.3) is 0 Å². The second-order valence-corrected chi connectivity index (χ2v) is 4.16. The van der Waals surface area contributed by atoms with Gasteiger partial charge in [-0.15, -0.1) is 0 Å². The van der Waals surface area contributed by atoms with Crippen molar-refractivity contribution in [3.8, 4) is 0 Å². The van der Waals surface area contributed by atoms with Gasteiger partial charge >= 0.3 is 7.12 Å². The molecule has 1 aliphatic carbocycles. The summed E-state index contributed by atoms with van der Waals surface area (Å²) in [6, 6.07) is 5.67. The van der Waals surface area contributed by atoms with E-state index in [0.29, 0.717) is 5.69 Å². The van der Waals surface area contributed by atoms with Crippen LogP contribution in [-0.2, 0) is 10.3 Å². The lowest BCUT2D eigenvalue weighted by Gasteiger charge is -2.39. The van der Waals surface area contributed by atoms with E-state index in [4.69, 9.17) is 10.4 Å². The van der Waals surface area contributed by atoms with E-state index in [0.717, 1.165) is 23.9 Å². The maximum atomic E-state index is 9.73. The number of benzene rings is 1. The molecule has 14 heavy (non-hydrogen) atoms. The van der Waals surface area contributed by atoms with Crippen LogP contribution in [0.4, 0.5) is 5.69 Å². The van der Waals surface area contributed by atoms with Crippen molar-refractivity contribution in [3.05, 3.63) is 23.8 Å². The zero-order valence-electron chi connectivity index (χ0n) is 7.86. The van der Waals surface area contributed by atoms with Gasteiger partial charge in [-0.25, -0.2) is 0 Å². The third kappa shape index (κ3) is 0.899. The molecule has 1 fully saturated rings. The number of anilines is 1. The fourth-order valence-electron chi connectivity index (χ4n) is 2.43. The molecule has 0 aromatic heterocycles. The Balaban J connectivity index is 2.14. The van der Waals surface area contributed by atoms with Crippen LogP contribution < -0.4 is 11.2 Å². The van der Waals surface area contributed by atoms with Gasteiger partial charge < -0.3 is 15.4 Å². The van der Waals surface area contributed by atoms with Crippen molar-refractivity contribution >= 4 is 18.3 Å². The number of hydrogen-bond acceptors (Lipinski definition) is 3. The smallest absolute Gasteiger partial charge is 0.423 e. The maximum Gasteiger partial charge on any atom is 0.492 e. The Morgan fingerprint density at radius 1 is 1.43 bits per heavy atom. The molecule has 3 rings (SSSR count). The third-order valence-corrected chi connectivity index (χ3v) is 3.33. The van der Waals surface area contributed by atoms with E-state index in [2.05, 4.69) is 0 Å². The first-order valence-corrected chi connectivity index (χ1v) is 4.97. The van der Waals surface area contributed by atoms with Gasteiger partial charge in [-0.2, -0.15) is 0 Å². The lowest BCUT2D eigenvalue weighted by atomic mass is 9.72. The topological polar surface area (TPSA) is 55.5 Å². The molecule has 0 radical (unpaired) electrons. The lowest BCUT2D eigenvalue weighted by molar-refractivity contribution is -0.0152. The fraction of sp³-hybridized carbons (Fsp3) is 0.400. The molecule has 0 unspecified atom stereocenters. The maximum absolute atomic E-state index is 9.73. The highest BCUT2D eigenvalue weighted by atomic mass is 16.5. The normalized spacial score (nSPS) is 22.2. The monoisotopic (exact) mass is 189 g/mol. The summed E-state index contributed by atoms with van der Waals surface area (Å²) in [6.45, 7) is 0. The quantitative estimate of drug-likeness (QED) is 0.457. The molecule has 72 valence electrons. The zero-order valence-corrected chi connectivity index (χ0v) is 7.86. The molecule has 3 nitrogen and oxygen atoms in total. The molecule has 0 atom stereocenters. The van der Waals surface area contributed by atoms with E-state index in [1.807, 2.05) is 18.2 Å². The number of fused-ring (bicyclic) bond motifs is 2. The van der Waals surface area contributed by atoms with Gasteiger partial charge in [0.25, 0.3) is 0 Å². The standard InChI is InChI=1S/C10H12BNO2/c12-7-2-3-8-9(6-7)11(13)14-10(8)4-1-5-10/h2-3,6,13H,1,4-5,12H2. The molecular formula is C10H12BNO2. The summed E-state index contributed by atoms with van der Waals surface area (Å²) < 4.78 is 5.61. The lowest BCUT2D eigenvalue weighted by Crippen LogP contribution is -2.35. The first kappa shape index (κ1) is 8.32. The number of hydrogen-bond donors (Lipinski definition) is 2. The van der Waals surface area contributed by atoms with Crippen LogP contribution in [0.2, 0.25) is 0 Å². The summed E-state index contributed by atoms with van der Waals surface area (Å²) in [5.74, 6) is 0. The van der Waals surface area contributed by atoms with E-state index in [9.17, 15) is 5.02 Å². The Morgan fingerprint density at radius 3 is 2.86 bits per heavy atom. The minimum Gasteiger partial charge on any atom is -0.423 e. The zero-order chi connectivity index (χ0) is 9.76. The predicted molar refractivity (Wildman–Crippen MR) is 55.1 cm³/mol. The second kappa shape index (κ2) is 2.52. The van der Waals surface area contributed by atoms with Crippen molar-refractivity contribution in [2.24, 2.45) is 0 Å². The molecule has 3 N–H and O–H groups in total. The van der Waals surface area contributed by atoms with Crippen molar-refractivity contribution in [1.82, 2.24) is 0 Å². The summed E-state index contributed by atoms with van der Waals surface area (Å²) in [7, 11) is -0.784. The van der Waals surface area contributed by atoms with Crippen LogP contribution in [0.3, 0.4) is 0 Å². The average Bonchev–Trinajstić information content (AvgIpc) is 2.39. The second-order valence-electron chi connectivity index (χ2n) is 4.16. The summed E-state index contributed by atoms with van der Waals surface area (Å²) in [6.07, 6.45) is 3.21. The molecule has 0 saturated heterocycles. The largest absolute Gasteiger partial charge is 0.492 e. The Morgan fingerprint density at radius 2 is 2.21 bits per heavy atom. The van der Waals surface area contributed by atoms with Crippen molar-refractivity contribution in [2.45, 2.75) is 24.9 Å². The molecule has 1 spiro atoms. The van der Waals surface area contributed by atoms with Crippen molar-refractivity contribution in [1.29, 1.82) is 0 Å². The van der Waals surface area contributed by atoms with E-state index >= 15 is 0 Å². The summed E-state index contributed by atoms with van der Waals surface area (Å²) in [4.78, 5) is 0. The summed E-state index contributed by atoms with van der Waals surface area (Å²) in [5.41, 5.74) is 8.15. The Bertz CT molecular complexity index is 390. The van der Waals surface area contributed by atoms with Crippen LogP contribution in [0, 0.1) is 0 Å².